The van der Waals surface area contributed by atoms with Crippen LogP contribution in [-0.4, -0.2) is 32.7 Å². The number of aromatic nitrogens is 2. The Hall–Kier alpha value is -3.08. The Morgan fingerprint density at radius 3 is 2.77 bits per heavy atom. The average Bonchev–Trinajstić information content (AvgIpc) is 3.32. The first-order valence-electron chi connectivity index (χ1n) is 8.85. The van der Waals surface area contributed by atoms with E-state index in [2.05, 4.69) is 29.3 Å². The fourth-order valence-electron chi connectivity index (χ4n) is 3.71. The number of likely N-dealkylation sites (tertiary alicyclic amines) is 1. The molecule has 0 radical (unpaired) electrons. The SMILES string of the molecule is Cc1ccccc1[C@H]1CCCN1C(=O)c1cc(-c2ccccc2O)n[nH]1. The number of amides is 1. The molecule has 0 aliphatic carbocycles. The van der Waals surface area contributed by atoms with E-state index in [0.717, 1.165) is 19.4 Å². The van der Waals surface area contributed by atoms with Crippen molar-refractivity contribution in [1.82, 2.24) is 15.1 Å². The van der Waals surface area contributed by atoms with Crippen LogP contribution in [0.15, 0.2) is 54.6 Å². The van der Waals surface area contributed by atoms with Crippen LogP contribution in [0.3, 0.4) is 0 Å². The fourth-order valence-corrected chi connectivity index (χ4v) is 3.71. The number of aryl methyl sites for hydroxylation is 1. The first kappa shape index (κ1) is 16.4. The number of hydrogen-bond acceptors (Lipinski definition) is 3. The number of H-pyrrole nitrogens is 1. The van der Waals surface area contributed by atoms with Crippen LogP contribution in [0.1, 0.15) is 40.5 Å². The molecule has 1 fully saturated rings. The number of nitrogens with zero attached hydrogens (tertiary/aromatic N) is 2. The van der Waals surface area contributed by atoms with E-state index < -0.39 is 0 Å². The summed E-state index contributed by atoms with van der Waals surface area (Å²) in [5.74, 6) is 0.0990. The summed E-state index contributed by atoms with van der Waals surface area (Å²) in [6.45, 7) is 2.82. The molecule has 132 valence electrons. The topological polar surface area (TPSA) is 69.2 Å². The van der Waals surface area contributed by atoms with Crippen molar-refractivity contribution in [3.05, 3.63) is 71.4 Å². The summed E-state index contributed by atoms with van der Waals surface area (Å²) >= 11 is 0. The standard InChI is InChI=1S/C21H21N3O2/c1-14-7-2-3-8-15(14)19-10-6-12-24(19)21(26)18-13-17(22-23-18)16-9-4-5-11-20(16)25/h2-5,7-9,11,13,19,25H,6,10,12H2,1H3,(H,22,23)/t19-/m1/s1. The summed E-state index contributed by atoms with van der Waals surface area (Å²) in [6.07, 6.45) is 1.96. The number of phenolic OH excluding ortho intramolecular Hbond substituents is 1. The number of hydrogen-bond donors (Lipinski definition) is 2. The zero-order valence-electron chi connectivity index (χ0n) is 14.6. The molecule has 26 heavy (non-hydrogen) atoms. The van der Waals surface area contributed by atoms with E-state index in [1.54, 1.807) is 24.3 Å². The van der Waals surface area contributed by atoms with Gasteiger partial charge in [-0.1, -0.05) is 36.4 Å². The number of aromatic hydroxyl groups is 1. The highest BCUT2D eigenvalue weighted by Crippen LogP contribution is 2.35. The van der Waals surface area contributed by atoms with Gasteiger partial charge in [-0.25, -0.2) is 0 Å². The molecule has 1 saturated heterocycles. The van der Waals surface area contributed by atoms with Gasteiger partial charge in [0.25, 0.3) is 5.91 Å². The van der Waals surface area contributed by atoms with Gasteiger partial charge in [-0.15, -0.1) is 0 Å². The molecule has 2 aromatic carbocycles. The van der Waals surface area contributed by atoms with Gasteiger partial charge in [-0.05, 0) is 49.1 Å². The lowest BCUT2D eigenvalue weighted by Gasteiger charge is -2.25. The van der Waals surface area contributed by atoms with Crippen molar-refractivity contribution >= 4 is 5.91 Å². The number of para-hydroxylation sites is 1. The van der Waals surface area contributed by atoms with Gasteiger partial charge in [0.2, 0.25) is 0 Å². The summed E-state index contributed by atoms with van der Waals surface area (Å²) in [5.41, 5.74) is 4.04. The number of phenols is 1. The second kappa shape index (κ2) is 6.67. The van der Waals surface area contributed by atoms with Gasteiger partial charge in [0.15, 0.2) is 0 Å². The first-order valence-corrected chi connectivity index (χ1v) is 8.85. The zero-order chi connectivity index (χ0) is 18.1. The van der Waals surface area contributed by atoms with Crippen molar-refractivity contribution in [2.24, 2.45) is 0 Å². The van der Waals surface area contributed by atoms with Gasteiger partial charge in [0.05, 0.1) is 11.7 Å². The predicted octanol–water partition coefficient (Wildman–Crippen LogP) is 4.07. The van der Waals surface area contributed by atoms with Gasteiger partial charge in [0, 0.05) is 12.1 Å². The Labute approximate surface area is 152 Å². The van der Waals surface area contributed by atoms with Crippen molar-refractivity contribution in [2.75, 3.05) is 6.54 Å². The highest BCUT2D eigenvalue weighted by atomic mass is 16.3. The van der Waals surface area contributed by atoms with Crippen LogP contribution >= 0.6 is 0 Å². The number of nitrogens with one attached hydrogen (secondary N) is 1. The van der Waals surface area contributed by atoms with Crippen LogP contribution in [0.4, 0.5) is 0 Å². The first-order chi connectivity index (χ1) is 12.6. The summed E-state index contributed by atoms with van der Waals surface area (Å²) in [4.78, 5) is 15.0. The second-order valence-corrected chi connectivity index (χ2v) is 6.70. The predicted molar refractivity (Wildman–Crippen MR) is 99.9 cm³/mol. The Balaban J connectivity index is 1.62. The molecule has 5 heteroatoms. The molecule has 3 aromatic rings. The van der Waals surface area contributed by atoms with Gasteiger partial charge in [-0.2, -0.15) is 5.10 Å². The molecule has 1 aromatic heterocycles. The summed E-state index contributed by atoms with van der Waals surface area (Å²) < 4.78 is 0. The van der Waals surface area contributed by atoms with Gasteiger partial charge < -0.3 is 10.0 Å². The van der Waals surface area contributed by atoms with Crippen LogP contribution in [0, 0.1) is 6.92 Å². The maximum absolute atomic E-state index is 13.1. The van der Waals surface area contributed by atoms with Crippen molar-refractivity contribution < 1.29 is 9.90 Å². The monoisotopic (exact) mass is 347 g/mol. The number of rotatable bonds is 3. The molecule has 2 N–H and O–H groups in total. The van der Waals surface area contributed by atoms with E-state index in [-0.39, 0.29) is 17.7 Å². The zero-order valence-corrected chi connectivity index (χ0v) is 14.6. The quantitative estimate of drug-likeness (QED) is 0.750. The molecule has 4 rings (SSSR count). The third kappa shape index (κ3) is 2.86. The molecule has 1 aliphatic heterocycles. The number of benzene rings is 2. The third-order valence-corrected chi connectivity index (χ3v) is 5.05. The van der Waals surface area contributed by atoms with Crippen LogP contribution < -0.4 is 0 Å². The highest BCUT2D eigenvalue weighted by Gasteiger charge is 2.32. The molecule has 5 nitrogen and oxygen atoms in total. The summed E-state index contributed by atoms with van der Waals surface area (Å²) in [6, 6.07) is 17.0. The van der Waals surface area contributed by atoms with E-state index >= 15 is 0 Å². The molecule has 0 saturated carbocycles. The molecule has 0 unspecified atom stereocenters. The Morgan fingerprint density at radius 1 is 1.19 bits per heavy atom. The van der Waals surface area contributed by atoms with E-state index in [4.69, 9.17) is 0 Å². The Morgan fingerprint density at radius 2 is 1.96 bits per heavy atom. The molecule has 1 aliphatic rings. The lowest BCUT2D eigenvalue weighted by Crippen LogP contribution is -2.31. The lowest BCUT2D eigenvalue weighted by molar-refractivity contribution is 0.0729. The van der Waals surface area contributed by atoms with Gasteiger partial charge in [-0.3, -0.25) is 9.89 Å². The molecule has 2 heterocycles. The Kier molecular flexibility index (Phi) is 4.21. The molecular weight excluding hydrogens is 326 g/mol. The van der Waals surface area contributed by atoms with E-state index in [1.807, 2.05) is 23.1 Å². The summed E-state index contributed by atoms with van der Waals surface area (Å²) in [7, 11) is 0. The minimum Gasteiger partial charge on any atom is -0.507 e. The molecule has 0 spiro atoms. The van der Waals surface area contributed by atoms with Gasteiger partial charge in [0.1, 0.15) is 11.4 Å². The van der Waals surface area contributed by atoms with Crippen molar-refractivity contribution in [2.45, 2.75) is 25.8 Å². The molecular formula is C21H21N3O2. The van der Waals surface area contributed by atoms with Crippen molar-refractivity contribution in [1.29, 1.82) is 0 Å². The number of aromatic amines is 1. The van der Waals surface area contributed by atoms with Crippen molar-refractivity contribution in [3.63, 3.8) is 0 Å². The smallest absolute Gasteiger partial charge is 0.272 e. The Bertz CT molecular complexity index is 948. The minimum absolute atomic E-state index is 0.0510. The maximum atomic E-state index is 13.1. The minimum atomic E-state index is -0.0510. The van der Waals surface area contributed by atoms with Crippen molar-refractivity contribution in [3.8, 4) is 17.0 Å². The molecule has 0 bridgehead atoms. The normalized spacial score (nSPS) is 16.8. The van der Waals surface area contributed by atoms with Crippen LogP contribution in [-0.2, 0) is 0 Å². The summed E-state index contributed by atoms with van der Waals surface area (Å²) in [5, 5.41) is 17.1. The fraction of sp³-hybridized carbons (Fsp3) is 0.238. The largest absolute Gasteiger partial charge is 0.507 e. The molecule has 1 atom stereocenters. The average molecular weight is 347 g/mol. The van der Waals surface area contributed by atoms with Crippen LogP contribution in [0.2, 0.25) is 0 Å². The maximum Gasteiger partial charge on any atom is 0.272 e. The van der Waals surface area contributed by atoms with Crippen LogP contribution in [0.5, 0.6) is 5.75 Å². The number of carbonyl (C=O) groups excluding carboxylic acids is 1. The second-order valence-electron chi connectivity index (χ2n) is 6.70. The highest BCUT2D eigenvalue weighted by molar-refractivity contribution is 5.94. The number of carbonyl (C=O) groups is 1. The third-order valence-electron chi connectivity index (χ3n) is 5.05. The van der Waals surface area contributed by atoms with Gasteiger partial charge >= 0.3 is 0 Å². The van der Waals surface area contributed by atoms with E-state index in [1.165, 1.54) is 11.1 Å². The molecule has 1 amide bonds. The van der Waals surface area contributed by atoms with Crippen LogP contribution in [0.25, 0.3) is 11.3 Å². The van der Waals surface area contributed by atoms with E-state index in [0.29, 0.717) is 17.0 Å². The lowest BCUT2D eigenvalue weighted by atomic mass is 9.99. The van der Waals surface area contributed by atoms with E-state index in [9.17, 15) is 9.90 Å².